The Labute approximate surface area is 187 Å². The van der Waals surface area contributed by atoms with Gasteiger partial charge in [-0.15, -0.1) is 11.3 Å². The Morgan fingerprint density at radius 1 is 1.27 bits per heavy atom. The molecule has 152 valence electrons. The lowest BCUT2D eigenvalue weighted by Gasteiger charge is -2.39. The van der Waals surface area contributed by atoms with Gasteiger partial charge in [-0.2, -0.15) is 5.26 Å². The third-order valence-corrected chi connectivity index (χ3v) is 6.76. The maximum absolute atomic E-state index is 13.0. The second-order valence-electron chi connectivity index (χ2n) is 6.91. The Morgan fingerprint density at radius 3 is 2.73 bits per heavy atom. The fourth-order valence-electron chi connectivity index (χ4n) is 3.80. The molecule has 1 aromatic carbocycles. The van der Waals surface area contributed by atoms with Crippen LogP contribution in [0.3, 0.4) is 0 Å². The average Bonchev–Trinajstić information content (AvgIpc) is 3.27. The number of ketones is 1. The van der Waals surface area contributed by atoms with Crippen molar-refractivity contribution in [3.8, 4) is 6.07 Å². The second kappa shape index (κ2) is 8.15. The van der Waals surface area contributed by atoms with Crippen molar-refractivity contribution in [1.29, 1.82) is 5.26 Å². The summed E-state index contributed by atoms with van der Waals surface area (Å²) < 4.78 is 0. The highest BCUT2D eigenvalue weighted by Gasteiger charge is 2.40. The Bertz CT molecular complexity index is 1150. The van der Waals surface area contributed by atoms with E-state index in [4.69, 9.17) is 28.9 Å². The summed E-state index contributed by atoms with van der Waals surface area (Å²) in [4.78, 5) is 26.1. The van der Waals surface area contributed by atoms with Gasteiger partial charge in [0.25, 0.3) is 5.91 Å². The van der Waals surface area contributed by atoms with E-state index in [1.165, 1.54) is 16.3 Å². The van der Waals surface area contributed by atoms with Gasteiger partial charge in [-0.3, -0.25) is 15.0 Å². The first-order valence-electron chi connectivity index (χ1n) is 9.18. The van der Waals surface area contributed by atoms with Crippen LogP contribution in [0.25, 0.3) is 0 Å². The molecule has 9 heteroatoms. The number of allylic oxidation sites excluding steroid dienone is 3. The van der Waals surface area contributed by atoms with Crippen molar-refractivity contribution < 1.29 is 9.59 Å². The van der Waals surface area contributed by atoms with Gasteiger partial charge in [0.2, 0.25) is 0 Å². The lowest BCUT2D eigenvalue weighted by molar-refractivity contribution is -0.116. The third kappa shape index (κ3) is 3.47. The largest absolute Gasteiger partial charge is 0.383 e. The van der Waals surface area contributed by atoms with Crippen LogP contribution in [0.1, 0.15) is 40.4 Å². The van der Waals surface area contributed by atoms with E-state index in [0.717, 1.165) is 0 Å². The van der Waals surface area contributed by atoms with E-state index >= 15 is 0 Å². The van der Waals surface area contributed by atoms with E-state index in [2.05, 4.69) is 11.5 Å². The molecule has 0 bridgehead atoms. The number of rotatable bonds is 3. The maximum atomic E-state index is 13.0. The fourth-order valence-corrected chi connectivity index (χ4v) is 4.72. The van der Waals surface area contributed by atoms with Crippen molar-refractivity contribution in [3.63, 3.8) is 0 Å². The molecule has 1 aliphatic carbocycles. The minimum absolute atomic E-state index is 0.0806. The average molecular weight is 459 g/mol. The van der Waals surface area contributed by atoms with Gasteiger partial charge >= 0.3 is 0 Å². The highest BCUT2D eigenvalue weighted by atomic mass is 35.5. The predicted molar refractivity (Wildman–Crippen MR) is 116 cm³/mol. The van der Waals surface area contributed by atoms with E-state index in [0.29, 0.717) is 51.0 Å². The summed E-state index contributed by atoms with van der Waals surface area (Å²) in [5.41, 5.74) is 11.0. The highest BCUT2D eigenvalue weighted by Crippen LogP contribution is 2.45. The van der Waals surface area contributed by atoms with E-state index < -0.39 is 5.92 Å². The molecular weight excluding hydrogens is 443 g/mol. The number of nitrogens with two attached hydrogens (primary N) is 1. The Balaban J connectivity index is 1.84. The quantitative estimate of drug-likeness (QED) is 0.704. The number of benzene rings is 1. The summed E-state index contributed by atoms with van der Waals surface area (Å²) in [6, 6.07) is 10.6. The van der Waals surface area contributed by atoms with Crippen molar-refractivity contribution in [2.24, 2.45) is 5.73 Å². The second-order valence-corrected chi connectivity index (χ2v) is 8.67. The molecule has 0 spiro atoms. The SMILES string of the molecule is N#CC1=C(N)N(NC(=O)c2cccs2)C2=C(C(=O)CCC2)C1c1ccc(Cl)c(Cl)c1. The van der Waals surface area contributed by atoms with Crippen LogP contribution in [0.5, 0.6) is 0 Å². The molecule has 6 nitrogen and oxygen atoms in total. The topological polar surface area (TPSA) is 99.2 Å². The highest BCUT2D eigenvalue weighted by molar-refractivity contribution is 7.12. The van der Waals surface area contributed by atoms with Crippen LogP contribution in [0.4, 0.5) is 0 Å². The van der Waals surface area contributed by atoms with Crippen LogP contribution in [0.2, 0.25) is 10.0 Å². The zero-order valence-electron chi connectivity index (χ0n) is 15.6. The smallest absolute Gasteiger partial charge is 0.280 e. The van der Waals surface area contributed by atoms with Crippen LogP contribution in [-0.4, -0.2) is 16.7 Å². The van der Waals surface area contributed by atoms with Crippen molar-refractivity contribution in [1.82, 2.24) is 10.4 Å². The predicted octanol–water partition coefficient (Wildman–Crippen LogP) is 4.50. The standard InChI is InChI=1S/C21H16Cl2N4O2S/c22-13-7-6-11(9-14(13)23)18-12(10-24)20(25)27(15-3-1-4-16(28)19(15)18)26-21(29)17-5-2-8-30-17/h2,5-9,18H,1,3-4,25H2,(H,26,29). The first-order chi connectivity index (χ1) is 14.4. The molecule has 4 rings (SSSR count). The van der Waals surface area contributed by atoms with Crippen LogP contribution in [0.15, 0.2) is 58.4 Å². The van der Waals surface area contributed by atoms with Gasteiger partial charge in [0.15, 0.2) is 5.78 Å². The van der Waals surface area contributed by atoms with Crippen molar-refractivity contribution in [3.05, 3.63) is 78.9 Å². The number of hydrazine groups is 1. The summed E-state index contributed by atoms with van der Waals surface area (Å²) in [6.45, 7) is 0. The van der Waals surface area contributed by atoms with E-state index in [1.54, 1.807) is 35.7 Å². The van der Waals surface area contributed by atoms with Gasteiger partial charge < -0.3 is 5.73 Å². The molecule has 1 amide bonds. The molecule has 0 fully saturated rings. The Kier molecular flexibility index (Phi) is 5.56. The minimum Gasteiger partial charge on any atom is -0.383 e. The van der Waals surface area contributed by atoms with Crippen molar-refractivity contribution >= 4 is 46.2 Å². The maximum Gasteiger partial charge on any atom is 0.280 e. The zero-order valence-corrected chi connectivity index (χ0v) is 17.9. The van der Waals surface area contributed by atoms with Crippen LogP contribution >= 0.6 is 34.5 Å². The van der Waals surface area contributed by atoms with Gasteiger partial charge in [-0.25, -0.2) is 5.01 Å². The molecule has 1 aromatic heterocycles. The molecule has 2 aromatic rings. The molecule has 2 heterocycles. The molecule has 1 aliphatic heterocycles. The van der Waals surface area contributed by atoms with Gasteiger partial charge in [0, 0.05) is 17.7 Å². The number of nitriles is 1. The van der Waals surface area contributed by atoms with Gasteiger partial charge in [-0.05, 0) is 42.0 Å². The van der Waals surface area contributed by atoms with Gasteiger partial charge in [-0.1, -0.05) is 35.3 Å². The molecule has 1 unspecified atom stereocenters. The van der Waals surface area contributed by atoms with Crippen molar-refractivity contribution in [2.45, 2.75) is 25.2 Å². The molecule has 0 saturated heterocycles. The Hall–Kier alpha value is -2.79. The van der Waals surface area contributed by atoms with E-state index in [1.807, 2.05) is 0 Å². The normalized spacial score (nSPS) is 18.9. The number of Topliss-reactive ketones (excluding diaryl/α,β-unsaturated/α-hetero) is 1. The summed E-state index contributed by atoms with van der Waals surface area (Å²) in [5.74, 6) is -1.01. The number of carbonyl (C=O) groups is 2. The first-order valence-corrected chi connectivity index (χ1v) is 10.8. The van der Waals surface area contributed by atoms with Gasteiger partial charge in [0.05, 0.1) is 32.5 Å². The third-order valence-electron chi connectivity index (χ3n) is 5.15. The summed E-state index contributed by atoms with van der Waals surface area (Å²) in [6.07, 6.45) is 1.54. The molecule has 0 radical (unpaired) electrons. The summed E-state index contributed by atoms with van der Waals surface area (Å²) in [7, 11) is 0. The van der Waals surface area contributed by atoms with Gasteiger partial charge in [0.1, 0.15) is 5.82 Å². The number of nitrogens with one attached hydrogen (secondary N) is 1. The zero-order chi connectivity index (χ0) is 21.4. The van der Waals surface area contributed by atoms with Crippen molar-refractivity contribution in [2.75, 3.05) is 0 Å². The number of halogens is 2. The number of hydrogen-bond acceptors (Lipinski definition) is 6. The monoisotopic (exact) mass is 458 g/mol. The molecule has 1 atom stereocenters. The lowest BCUT2D eigenvalue weighted by Crippen LogP contribution is -2.48. The summed E-state index contributed by atoms with van der Waals surface area (Å²) in [5, 5.41) is 13.8. The van der Waals surface area contributed by atoms with Crippen LogP contribution < -0.4 is 11.2 Å². The first kappa shape index (κ1) is 20.5. The van der Waals surface area contributed by atoms with Crippen LogP contribution in [0, 0.1) is 11.3 Å². The molecule has 0 saturated carbocycles. The van der Waals surface area contributed by atoms with E-state index in [9.17, 15) is 14.9 Å². The fraction of sp³-hybridized carbons (Fsp3) is 0.190. The van der Waals surface area contributed by atoms with E-state index in [-0.39, 0.29) is 23.1 Å². The van der Waals surface area contributed by atoms with Crippen LogP contribution in [-0.2, 0) is 4.79 Å². The molecular formula is C21H16Cl2N4O2S. The molecule has 3 N–H and O–H groups in total. The number of amides is 1. The number of nitrogens with zero attached hydrogens (tertiary/aromatic N) is 2. The summed E-state index contributed by atoms with van der Waals surface area (Å²) >= 11 is 13.5. The molecule has 30 heavy (non-hydrogen) atoms. The lowest BCUT2D eigenvalue weighted by atomic mass is 9.76. The number of thiophene rings is 1. The minimum atomic E-state index is -0.664. The molecule has 2 aliphatic rings. The Morgan fingerprint density at radius 2 is 2.07 bits per heavy atom. The number of hydrogen-bond donors (Lipinski definition) is 2. The number of carbonyl (C=O) groups excluding carboxylic acids is 2.